The fraction of sp³-hybridized carbons (Fsp3) is 0.375. The van der Waals surface area contributed by atoms with E-state index in [1.165, 1.54) is 0 Å². The van der Waals surface area contributed by atoms with Crippen LogP contribution in [-0.2, 0) is 0 Å². The highest BCUT2D eigenvalue weighted by Gasteiger charge is 2.18. The number of carbonyl (C=O) groups is 1. The van der Waals surface area contributed by atoms with Crippen molar-refractivity contribution in [1.82, 2.24) is 25.3 Å². The topological polar surface area (TPSA) is 74.5 Å². The summed E-state index contributed by atoms with van der Waals surface area (Å²) in [6, 6.07) is 14.5. The second kappa shape index (κ2) is 10.7. The lowest BCUT2D eigenvalue weighted by Gasteiger charge is -2.33. The van der Waals surface area contributed by atoms with E-state index in [4.69, 9.17) is 16.1 Å². The van der Waals surface area contributed by atoms with Crippen LogP contribution in [0.5, 0.6) is 0 Å². The predicted octanol–water partition coefficient (Wildman–Crippen LogP) is 3.81. The van der Waals surface area contributed by atoms with E-state index < -0.39 is 0 Å². The van der Waals surface area contributed by atoms with Crippen molar-refractivity contribution in [3.8, 4) is 22.8 Å². The van der Waals surface area contributed by atoms with Gasteiger partial charge in [0.05, 0.1) is 11.1 Å². The Morgan fingerprint density at radius 2 is 1.78 bits per heavy atom. The van der Waals surface area contributed by atoms with Crippen molar-refractivity contribution in [3.05, 3.63) is 59.1 Å². The quantitative estimate of drug-likeness (QED) is 0.523. The third kappa shape index (κ3) is 5.54. The van der Waals surface area contributed by atoms with Crippen LogP contribution in [0.2, 0.25) is 5.02 Å². The lowest BCUT2D eigenvalue weighted by molar-refractivity contribution is 0.0948. The lowest BCUT2D eigenvalue weighted by Crippen LogP contribution is -2.46. The van der Waals surface area contributed by atoms with E-state index in [1.807, 2.05) is 30.3 Å². The highest BCUT2D eigenvalue weighted by molar-refractivity contribution is 6.30. The van der Waals surface area contributed by atoms with E-state index >= 15 is 0 Å². The Morgan fingerprint density at radius 1 is 1.06 bits per heavy atom. The summed E-state index contributed by atoms with van der Waals surface area (Å²) in [6.45, 7) is 9.38. The van der Waals surface area contributed by atoms with Gasteiger partial charge in [-0.3, -0.25) is 4.79 Å². The minimum absolute atomic E-state index is 0.136. The number of likely N-dealkylation sites (N-methyl/N-ethyl adjacent to an activating group) is 1. The molecule has 7 nitrogen and oxygen atoms in total. The summed E-state index contributed by atoms with van der Waals surface area (Å²) in [5.74, 6) is 0.632. The number of hydrogen-bond acceptors (Lipinski definition) is 6. The molecule has 0 atom stereocenters. The molecule has 1 aromatic heterocycles. The molecule has 1 saturated heterocycles. The molecule has 0 radical (unpaired) electrons. The first-order valence-electron chi connectivity index (χ1n) is 11.1. The highest BCUT2D eigenvalue weighted by atomic mass is 35.5. The SMILES string of the molecule is CCN1CCN(CCCNC(=O)c2ccccc2-c2nc(-c3ccc(Cl)cc3)no2)CC1. The number of aromatic nitrogens is 2. The molecule has 0 spiro atoms. The van der Waals surface area contributed by atoms with Crippen LogP contribution >= 0.6 is 11.6 Å². The van der Waals surface area contributed by atoms with Gasteiger partial charge in [-0.25, -0.2) is 0 Å². The van der Waals surface area contributed by atoms with Gasteiger partial charge in [0, 0.05) is 43.3 Å². The van der Waals surface area contributed by atoms with E-state index in [9.17, 15) is 4.79 Å². The van der Waals surface area contributed by atoms with Crippen LogP contribution in [0.25, 0.3) is 22.8 Å². The molecule has 0 aliphatic carbocycles. The number of hydrogen-bond donors (Lipinski definition) is 1. The Hall–Kier alpha value is -2.74. The summed E-state index contributed by atoms with van der Waals surface area (Å²) < 4.78 is 5.46. The van der Waals surface area contributed by atoms with Gasteiger partial charge < -0.3 is 19.6 Å². The van der Waals surface area contributed by atoms with Crippen LogP contribution in [-0.4, -0.2) is 71.7 Å². The zero-order valence-electron chi connectivity index (χ0n) is 18.3. The number of nitrogens with zero attached hydrogens (tertiary/aromatic N) is 4. The van der Waals surface area contributed by atoms with Gasteiger partial charge >= 0.3 is 0 Å². The number of benzene rings is 2. The summed E-state index contributed by atoms with van der Waals surface area (Å²) >= 11 is 5.95. The smallest absolute Gasteiger partial charge is 0.259 e. The average molecular weight is 454 g/mol. The molecule has 1 fully saturated rings. The summed E-state index contributed by atoms with van der Waals surface area (Å²) in [5.41, 5.74) is 1.94. The molecule has 4 rings (SSSR count). The van der Waals surface area contributed by atoms with E-state index in [1.54, 1.807) is 18.2 Å². The second-order valence-electron chi connectivity index (χ2n) is 7.86. The number of nitrogens with one attached hydrogen (secondary N) is 1. The van der Waals surface area contributed by atoms with Crippen molar-refractivity contribution < 1.29 is 9.32 Å². The maximum atomic E-state index is 12.9. The van der Waals surface area contributed by atoms with Gasteiger partial charge in [0.15, 0.2) is 0 Å². The monoisotopic (exact) mass is 453 g/mol. The standard InChI is InChI=1S/C24H28ClN5O2/c1-2-29-14-16-30(17-15-29)13-5-12-26-23(31)20-6-3-4-7-21(20)24-27-22(28-32-24)18-8-10-19(25)11-9-18/h3-4,6-11H,2,5,12-17H2,1H3,(H,26,31). The number of amides is 1. The molecule has 1 aliphatic heterocycles. The minimum atomic E-state index is -0.136. The zero-order valence-corrected chi connectivity index (χ0v) is 19.0. The largest absolute Gasteiger partial charge is 0.352 e. The van der Waals surface area contributed by atoms with E-state index in [2.05, 4.69) is 32.2 Å². The molecule has 1 N–H and O–H groups in total. The summed E-state index contributed by atoms with van der Waals surface area (Å²) in [7, 11) is 0. The van der Waals surface area contributed by atoms with Crippen LogP contribution in [0.1, 0.15) is 23.7 Å². The van der Waals surface area contributed by atoms with Crippen molar-refractivity contribution in [2.45, 2.75) is 13.3 Å². The molecular weight excluding hydrogens is 426 g/mol. The Kier molecular flexibility index (Phi) is 7.52. The maximum Gasteiger partial charge on any atom is 0.259 e. The van der Waals surface area contributed by atoms with Crippen molar-refractivity contribution in [1.29, 1.82) is 0 Å². The van der Waals surface area contributed by atoms with Crippen LogP contribution in [0, 0.1) is 0 Å². The fourth-order valence-corrected chi connectivity index (χ4v) is 3.97. The first-order valence-corrected chi connectivity index (χ1v) is 11.4. The van der Waals surface area contributed by atoms with Gasteiger partial charge in [-0.2, -0.15) is 4.98 Å². The van der Waals surface area contributed by atoms with Gasteiger partial charge in [0.1, 0.15) is 0 Å². The predicted molar refractivity (Wildman–Crippen MR) is 126 cm³/mol. The Labute approximate surface area is 193 Å². The third-order valence-electron chi connectivity index (χ3n) is 5.78. The first-order chi connectivity index (χ1) is 15.6. The summed E-state index contributed by atoms with van der Waals surface area (Å²) in [6.07, 6.45) is 0.918. The Morgan fingerprint density at radius 3 is 2.53 bits per heavy atom. The third-order valence-corrected chi connectivity index (χ3v) is 6.03. The molecule has 1 amide bonds. The summed E-state index contributed by atoms with van der Waals surface area (Å²) in [4.78, 5) is 22.3. The maximum absolute atomic E-state index is 12.9. The number of carbonyl (C=O) groups excluding carboxylic acids is 1. The van der Waals surface area contributed by atoms with Crippen LogP contribution < -0.4 is 5.32 Å². The van der Waals surface area contributed by atoms with Gasteiger partial charge in [0.2, 0.25) is 5.82 Å². The van der Waals surface area contributed by atoms with Crippen molar-refractivity contribution >= 4 is 17.5 Å². The average Bonchev–Trinajstić information content (AvgIpc) is 3.33. The molecule has 0 saturated carbocycles. The van der Waals surface area contributed by atoms with Crippen molar-refractivity contribution in [3.63, 3.8) is 0 Å². The molecule has 1 aliphatic rings. The molecule has 0 unspecified atom stereocenters. The number of rotatable bonds is 8. The van der Waals surface area contributed by atoms with Crippen LogP contribution in [0.15, 0.2) is 53.1 Å². The van der Waals surface area contributed by atoms with E-state index in [0.29, 0.717) is 34.4 Å². The van der Waals surface area contributed by atoms with Gasteiger partial charge in [-0.05, 0) is 55.9 Å². The van der Waals surface area contributed by atoms with Gasteiger partial charge in [-0.15, -0.1) is 0 Å². The molecule has 8 heteroatoms. The summed E-state index contributed by atoms with van der Waals surface area (Å²) in [5, 5.41) is 7.74. The van der Waals surface area contributed by atoms with Gasteiger partial charge in [0.25, 0.3) is 11.8 Å². The normalized spacial score (nSPS) is 15.1. The van der Waals surface area contributed by atoms with Crippen molar-refractivity contribution in [2.75, 3.05) is 45.8 Å². The Bertz CT molecular complexity index is 1030. The molecule has 3 aromatic rings. The van der Waals surface area contributed by atoms with Crippen molar-refractivity contribution in [2.24, 2.45) is 0 Å². The van der Waals surface area contributed by atoms with Gasteiger partial charge in [-0.1, -0.05) is 35.8 Å². The molecule has 32 heavy (non-hydrogen) atoms. The molecule has 0 bridgehead atoms. The van der Waals surface area contributed by atoms with Crippen LogP contribution in [0.3, 0.4) is 0 Å². The fourth-order valence-electron chi connectivity index (χ4n) is 3.85. The molecule has 168 valence electrons. The van der Waals surface area contributed by atoms with E-state index in [0.717, 1.165) is 51.3 Å². The molecule has 2 heterocycles. The van der Waals surface area contributed by atoms with E-state index in [-0.39, 0.29) is 5.91 Å². The molecular formula is C24H28ClN5O2. The molecule has 2 aromatic carbocycles. The lowest BCUT2D eigenvalue weighted by atomic mass is 10.1. The minimum Gasteiger partial charge on any atom is -0.352 e. The first kappa shape index (κ1) is 22.5. The second-order valence-corrected chi connectivity index (χ2v) is 8.30. The number of halogens is 1. The Balaban J connectivity index is 1.35. The van der Waals surface area contributed by atoms with Crippen LogP contribution in [0.4, 0.5) is 0 Å². The number of piperazine rings is 1. The highest BCUT2D eigenvalue weighted by Crippen LogP contribution is 2.26. The zero-order chi connectivity index (χ0) is 22.3.